The summed E-state index contributed by atoms with van der Waals surface area (Å²) in [4.78, 5) is 19.7. The Kier molecular flexibility index (Phi) is 4.44. The largest absolute Gasteiger partial charge is 0.369 e. The van der Waals surface area contributed by atoms with E-state index in [1.165, 1.54) is 43.5 Å². The molecule has 0 spiro atoms. The average Bonchev–Trinajstić information content (AvgIpc) is 3.47. The highest BCUT2D eigenvalue weighted by Crippen LogP contribution is 2.31. The predicted octanol–water partition coefficient (Wildman–Crippen LogP) is 2.07. The van der Waals surface area contributed by atoms with Gasteiger partial charge in [0.2, 0.25) is 0 Å². The van der Waals surface area contributed by atoms with Crippen LogP contribution in [0.3, 0.4) is 0 Å². The Morgan fingerprint density at radius 2 is 1.96 bits per heavy atom. The molecule has 4 rings (SSSR count). The summed E-state index contributed by atoms with van der Waals surface area (Å²) < 4.78 is 0. The molecule has 2 N–H and O–H groups in total. The van der Waals surface area contributed by atoms with Crippen molar-refractivity contribution < 1.29 is 4.79 Å². The number of fused-ring (bicyclic) bond motifs is 1. The molecule has 5 heteroatoms. The van der Waals surface area contributed by atoms with Gasteiger partial charge in [-0.05, 0) is 55.6 Å². The summed E-state index contributed by atoms with van der Waals surface area (Å²) in [5, 5.41) is 6.19. The third-order valence-electron chi connectivity index (χ3n) is 5.49. The molecular weight excluding hydrogens is 300 g/mol. The molecule has 130 valence electrons. The van der Waals surface area contributed by atoms with Gasteiger partial charge in [-0.3, -0.25) is 4.79 Å². The number of nitrogens with one attached hydrogen (secondary N) is 2. The van der Waals surface area contributed by atoms with E-state index in [1.54, 1.807) is 7.05 Å². The van der Waals surface area contributed by atoms with Gasteiger partial charge in [-0.15, -0.1) is 0 Å². The molecule has 1 aromatic rings. The van der Waals surface area contributed by atoms with Crippen LogP contribution in [0, 0.1) is 11.8 Å². The topological polar surface area (TPSA) is 57.3 Å². The van der Waals surface area contributed by atoms with Gasteiger partial charge in [0.1, 0.15) is 5.82 Å². The maximum absolute atomic E-state index is 12.3. The van der Waals surface area contributed by atoms with Crippen LogP contribution in [0.1, 0.15) is 47.3 Å². The van der Waals surface area contributed by atoms with Crippen molar-refractivity contribution in [3.8, 4) is 0 Å². The molecule has 2 saturated carbocycles. The zero-order chi connectivity index (χ0) is 16.5. The number of amides is 1. The van der Waals surface area contributed by atoms with E-state index in [-0.39, 0.29) is 5.91 Å². The van der Waals surface area contributed by atoms with Crippen LogP contribution in [0.5, 0.6) is 0 Å². The fourth-order valence-electron chi connectivity index (χ4n) is 3.53. The Balaban J connectivity index is 1.53. The van der Waals surface area contributed by atoms with Crippen LogP contribution >= 0.6 is 0 Å². The second-order valence-corrected chi connectivity index (χ2v) is 7.64. The minimum absolute atomic E-state index is 0.0392. The summed E-state index contributed by atoms with van der Waals surface area (Å²) in [7, 11) is 1.69. The molecule has 3 aliphatic rings. The molecule has 24 heavy (non-hydrogen) atoms. The summed E-state index contributed by atoms with van der Waals surface area (Å²) in [5.74, 6) is 2.42. The van der Waals surface area contributed by atoms with Gasteiger partial charge in [0, 0.05) is 45.3 Å². The molecule has 0 radical (unpaired) electrons. The fraction of sp³-hybridized carbons (Fsp3) is 0.684. The van der Waals surface area contributed by atoms with E-state index < -0.39 is 0 Å². The second-order valence-electron chi connectivity index (χ2n) is 7.64. The molecule has 1 amide bonds. The first-order chi connectivity index (χ1) is 11.7. The van der Waals surface area contributed by atoms with Gasteiger partial charge < -0.3 is 15.5 Å². The molecule has 0 unspecified atom stereocenters. The Bertz CT molecular complexity index is 622. The van der Waals surface area contributed by atoms with Crippen LogP contribution in [0.15, 0.2) is 6.07 Å². The number of hydrogen-bond donors (Lipinski definition) is 2. The third-order valence-corrected chi connectivity index (χ3v) is 5.49. The second kappa shape index (κ2) is 6.71. The standard InChI is InChI=1S/C19H28N4O/c1-20-19(24)16-10-15-6-8-23(12-14-4-5-14)9-7-17(15)22-18(16)21-11-13-2-3-13/h10,13-14H,2-9,11-12H2,1H3,(H,20,24)(H,21,22). The lowest BCUT2D eigenvalue weighted by Crippen LogP contribution is -2.28. The zero-order valence-electron chi connectivity index (χ0n) is 14.6. The summed E-state index contributed by atoms with van der Waals surface area (Å²) in [6.45, 7) is 4.36. The van der Waals surface area contributed by atoms with Crippen LogP contribution < -0.4 is 10.6 Å². The van der Waals surface area contributed by atoms with Gasteiger partial charge in [0.15, 0.2) is 0 Å². The molecule has 0 atom stereocenters. The first-order valence-electron chi connectivity index (χ1n) is 9.44. The Labute approximate surface area is 144 Å². The lowest BCUT2D eigenvalue weighted by molar-refractivity contribution is 0.0963. The van der Waals surface area contributed by atoms with Crippen molar-refractivity contribution in [2.45, 2.75) is 38.5 Å². The predicted molar refractivity (Wildman–Crippen MR) is 95.4 cm³/mol. The number of aromatic nitrogens is 1. The smallest absolute Gasteiger partial charge is 0.254 e. The zero-order valence-corrected chi connectivity index (χ0v) is 14.6. The monoisotopic (exact) mass is 328 g/mol. The SMILES string of the molecule is CNC(=O)c1cc2c(nc1NCC1CC1)CCN(CC1CC1)CC2. The number of rotatable bonds is 6. The highest BCUT2D eigenvalue weighted by molar-refractivity contribution is 5.98. The summed E-state index contributed by atoms with van der Waals surface area (Å²) >= 11 is 0. The number of carbonyl (C=O) groups is 1. The van der Waals surface area contributed by atoms with Crippen LogP contribution in [0.4, 0.5) is 5.82 Å². The van der Waals surface area contributed by atoms with Crippen molar-refractivity contribution in [3.63, 3.8) is 0 Å². The van der Waals surface area contributed by atoms with Crippen LogP contribution in [0.2, 0.25) is 0 Å². The molecular formula is C19H28N4O. The molecule has 0 bridgehead atoms. The highest BCUT2D eigenvalue weighted by Gasteiger charge is 2.27. The van der Waals surface area contributed by atoms with Gasteiger partial charge >= 0.3 is 0 Å². The highest BCUT2D eigenvalue weighted by atomic mass is 16.1. The van der Waals surface area contributed by atoms with E-state index in [1.807, 2.05) is 0 Å². The van der Waals surface area contributed by atoms with Gasteiger partial charge in [0.05, 0.1) is 5.56 Å². The minimum Gasteiger partial charge on any atom is -0.369 e. The molecule has 2 aliphatic carbocycles. The molecule has 1 aliphatic heterocycles. The van der Waals surface area contributed by atoms with E-state index in [9.17, 15) is 4.79 Å². The number of anilines is 1. The molecule has 1 aromatic heterocycles. The number of pyridine rings is 1. The molecule has 5 nitrogen and oxygen atoms in total. The van der Waals surface area contributed by atoms with E-state index in [4.69, 9.17) is 4.98 Å². The molecule has 2 fully saturated rings. The average molecular weight is 328 g/mol. The minimum atomic E-state index is -0.0392. The van der Waals surface area contributed by atoms with E-state index >= 15 is 0 Å². The van der Waals surface area contributed by atoms with Gasteiger partial charge in [-0.25, -0.2) is 4.98 Å². The van der Waals surface area contributed by atoms with Gasteiger partial charge in [0.25, 0.3) is 5.91 Å². The Morgan fingerprint density at radius 3 is 2.67 bits per heavy atom. The van der Waals surface area contributed by atoms with Gasteiger partial charge in [-0.2, -0.15) is 0 Å². The van der Waals surface area contributed by atoms with Crippen LogP contribution in [-0.2, 0) is 12.8 Å². The molecule has 0 saturated heterocycles. The fourth-order valence-corrected chi connectivity index (χ4v) is 3.53. The first-order valence-corrected chi connectivity index (χ1v) is 9.44. The Hall–Kier alpha value is -1.62. The van der Waals surface area contributed by atoms with E-state index in [0.29, 0.717) is 5.56 Å². The number of carbonyl (C=O) groups excluding carboxylic acids is 1. The molecule has 2 heterocycles. The summed E-state index contributed by atoms with van der Waals surface area (Å²) in [6.07, 6.45) is 7.39. The van der Waals surface area contributed by atoms with E-state index in [0.717, 1.165) is 50.1 Å². The Morgan fingerprint density at radius 1 is 1.21 bits per heavy atom. The lowest BCUT2D eigenvalue weighted by Gasteiger charge is -2.18. The van der Waals surface area contributed by atoms with Crippen molar-refractivity contribution in [3.05, 3.63) is 22.9 Å². The summed E-state index contributed by atoms with van der Waals surface area (Å²) in [6, 6.07) is 2.08. The number of hydrogen-bond acceptors (Lipinski definition) is 4. The van der Waals surface area contributed by atoms with Crippen molar-refractivity contribution >= 4 is 11.7 Å². The van der Waals surface area contributed by atoms with Crippen molar-refractivity contribution in [1.29, 1.82) is 0 Å². The first kappa shape index (κ1) is 15.9. The maximum Gasteiger partial charge on any atom is 0.254 e. The number of nitrogens with zero attached hydrogens (tertiary/aromatic N) is 2. The lowest BCUT2D eigenvalue weighted by atomic mass is 10.1. The van der Waals surface area contributed by atoms with Crippen molar-refractivity contribution in [2.75, 3.05) is 38.5 Å². The van der Waals surface area contributed by atoms with Crippen molar-refractivity contribution in [2.24, 2.45) is 11.8 Å². The van der Waals surface area contributed by atoms with E-state index in [2.05, 4.69) is 21.6 Å². The van der Waals surface area contributed by atoms with Crippen molar-refractivity contribution in [1.82, 2.24) is 15.2 Å². The quantitative estimate of drug-likeness (QED) is 0.839. The normalized spacial score (nSPS) is 21.0. The van der Waals surface area contributed by atoms with Crippen LogP contribution in [-0.4, -0.2) is 49.0 Å². The molecule has 0 aromatic carbocycles. The third kappa shape index (κ3) is 3.72. The van der Waals surface area contributed by atoms with Gasteiger partial charge in [-0.1, -0.05) is 0 Å². The summed E-state index contributed by atoms with van der Waals surface area (Å²) in [5.41, 5.74) is 3.13. The van der Waals surface area contributed by atoms with Crippen LogP contribution in [0.25, 0.3) is 0 Å². The maximum atomic E-state index is 12.3.